The van der Waals surface area contributed by atoms with Gasteiger partial charge in [0.25, 0.3) is 0 Å². The summed E-state index contributed by atoms with van der Waals surface area (Å²) < 4.78 is 16.0. The summed E-state index contributed by atoms with van der Waals surface area (Å²) in [5.41, 5.74) is 2.72. The standard InChI is InChI=1S/C20H23N3O4/c1-25-15-9-18(26-2)16(19(10-15)27-3)12-22-20(24)21-11-14-8-13-6-4-5-7-17(13)23-14/h4-10,23H,11-12H2,1-3H3,(H2,21,22,24). The number of fused-ring (bicyclic) bond motifs is 1. The molecule has 3 aromatic rings. The maximum Gasteiger partial charge on any atom is 0.315 e. The quantitative estimate of drug-likeness (QED) is 0.597. The number of H-pyrrole nitrogens is 1. The van der Waals surface area contributed by atoms with Crippen molar-refractivity contribution in [2.75, 3.05) is 21.3 Å². The number of urea groups is 1. The van der Waals surface area contributed by atoms with Crippen molar-refractivity contribution in [1.29, 1.82) is 0 Å². The van der Waals surface area contributed by atoms with Gasteiger partial charge < -0.3 is 29.8 Å². The first kappa shape index (κ1) is 18.4. The predicted molar refractivity (Wildman–Crippen MR) is 103 cm³/mol. The van der Waals surface area contributed by atoms with Crippen LogP contribution in [0.25, 0.3) is 10.9 Å². The third-order valence-electron chi connectivity index (χ3n) is 4.27. The molecule has 0 aliphatic carbocycles. The van der Waals surface area contributed by atoms with E-state index >= 15 is 0 Å². The summed E-state index contributed by atoms with van der Waals surface area (Å²) in [4.78, 5) is 15.5. The molecule has 142 valence electrons. The molecule has 0 fully saturated rings. The minimum Gasteiger partial charge on any atom is -0.496 e. The van der Waals surface area contributed by atoms with E-state index < -0.39 is 0 Å². The fourth-order valence-corrected chi connectivity index (χ4v) is 2.89. The normalized spacial score (nSPS) is 10.5. The molecule has 7 nitrogen and oxygen atoms in total. The first-order valence-corrected chi connectivity index (χ1v) is 8.51. The molecule has 1 aromatic heterocycles. The number of amides is 2. The van der Waals surface area contributed by atoms with Crippen molar-refractivity contribution in [3.8, 4) is 17.2 Å². The molecule has 0 spiro atoms. The van der Waals surface area contributed by atoms with Gasteiger partial charge in [-0.1, -0.05) is 18.2 Å². The summed E-state index contributed by atoms with van der Waals surface area (Å²) in [6.45, 7) is 0.659. The number of hydrogen-bond acceptors (Lipinski definition) is 4. The van der Waals surface area contributed by atoms with Crippen molar-refractivity contribution < 1.29 is 19.0 Å². The van der Waals surface area contributed by atoms with Gasteiger partial charge in [-0.25, -0.2) is 4.79 Å². The third-order valence-corrected chi connectivity index (χ3v) is 4.27. The van der Waals surface area contributed by atoms with Crippen molar-refractivity contribution in [3.63, 3.8) is 0 Å². The minimum absolute atomic E-state index is 0.259. The van der Waals surface area contributed by atoms with Crippen LogP contribution in [0.2, 0.25) is 0 Å². The monoisotopic (exact) mass is 369 g/mol. The summed E-state index contributed by atoms with van der Waals surface area (Å²) in [5.74, 6) is 1.79. The van der Waals surface area contributed by atoms with E-state index in [1.165, 1.54) is 0 Å². The molecule has 2 amide bonds. The second-order valence-electron chi connectivity index (χ2n) is 5.93. The van der Waals surface area contributed by atoms with Crippen LogP contribution < -0.4 is 24.8 Å². The Morgan fingerprint density at radius 3 is 2.22 bits per heavy atom. The Morgan fingerprint density at radius 1 is 0.926 bits per heavy atom. The number of benzene rings is 2. The van der Waals surface area contributed by atoms with Gasteiger partial charge in [0.05, 0.1) is 40.0 Å². The van der Waals surface area contributed by atoms with E-state index in [1.807, 2.05) is 30.3 Å². The van der Waals surface area contributed by atoms with Gasteiger partial charge in [-0.3, -0.25) is 0 Å². The smallest absolute Gasteiger partial charge is 0.315 e. The van der Waals surface area contributed by atoms with Gasteiger partial charge in [-0.05, 0) is 17.5 Å². The maximum absolute atomic E-state index is 12.2. The fourth-order valence-electron chi connectivity index (χ4n) is 2.89. The van der Waals surface area contributed by atoms with Crippen LogP contribution in [0.4, 0.5) is 4.79 Å². The van der Waals surface area contributed by atoms with E-state index in [0.717, 1.165) is 22.2 Å². The molecule has 0 radical (unpaired) electrons. The number of carbonyl (C=O) groups is 1. The van der Waals surface area contributed by atoms with Crippen LogP contribution in [0.15, 0.2) is 42.5 Å². The van der Waals surface area contributed by atoms with Gasteiger partial charge in [-0.2, -0.15) is 0 Å². The van der Waals surface area contributed by atoms with Crippen LogP contribution in [-0.2, 0) is 13.1 Å². The third kappa shape index (κ3) is 4.25. The number of hydrogen-bond donors (Lipinski definition) is 3. The van der Waals surface area contributed by atoms with E-state index in [4.69, 9.17) is 14.2 Å². The second kappa shape index (κ2) is 8.35. The van der Waals surface area contributed by atoms with Gasteiger partial charge in [0, 0.05) is 23.3 Å². The molecule has 7 heteroatoms. The zero-order valence-electron chi connectivity index (χ0n) is 15.6. The van der Waals surface area contributed by atoms with Crippen molar-refractivity contribution in [2.45, 2.75) is 13.1 Å². The number of aromatic amines is 1. The molecule has 1 heterocycles. The minimum atomic E-state index is -0.284. The summed E-state index contributed by atoms with van der Waals surface area (Å²) >= 11 is 0. The van der Waals surface area contributed by atoms with Gasteiger partial charge in [0.15, 0.2) is 0 Å². The number of para-hydroxylation sites is 1. The average Bonchev–Trinajstić information content (AvgIpc) is 3.13. The SMILES string of the molecule is COc1cc(OC)c(CNC(=O)NCc2cc3ccccc3[nH]2)c(OC)c1. The Labute approximate surface area is 157 Å². The molecule has 0 aliphatic rings. The number of methoxy groups -OCH3 is 3. The Balaban J connectivity index is 1.61. The number of ether oxygens (including phenoxy) is 3. The lowest BCUT2D eigenvalue weighted by atomic mass is 10.1. The molecule has 2 aromatic carbocycles. The van der Waals surface area contributed by atoms with Crippen molar-refractivity contribution in [3.05, 3.63) is 53.7 Å². The van der Waals surface area contributed by atoms with Gasteiger partial charge >= 0.3 is 6.03 Å². The van der Waals surface area contributed by atoms with Crippen molar-refractivity contribution in [1.82, 2.24) is 15.6 Å². The molecular formula is C20H23N3O4. The molecule has 0 atom stereocenters. The van der Waals surface area contributed by atoms with Gasteiger partial charge in [0.2, 0.25) is 0 Å². The largest absolute Gasteiger partial charge is 0.496 e. The highest BCUT2D eigenvalue weighted by Gasteiger charge is 2.14. The number of carbonyl (C=O) groups excluding carboxylic acids is 1. The summed E-state index contributed by atoms with van der Waals surface area (Å²) in [6, 6.07) is 13.2. The second-order valence-corrected chi connectivity index (χ2v) is 5.93. The van der Waals surface area contributed by atoms with E-state index in [-0.39, 0.29) is 12.6 Å². The van der Waals surface area contributed by atoms with Gasteiger partial charge in [0.1, 0.15) is 17.2 Å². The Kier molecular flexibility index (Phi) is 5.71. The van der Waals surface area contributed by atoms with Crippen LogP contribution in [0, 0.1) is 0 Å². The van der Waals surface area contributed by atoms with Crippen LogP contribution >= 0.6 is 0 Å². The first-order valence-electron chi connectivity index (χ1n) is 8.51. The first-order chi connectivity index (χ1) is 13.1. The number of aromatic nitrogens is 1. The predicted octanol–water partition coefficient (Wildman–Crippen LogP) is 3.19. The molecule has 0 aliphatic heterocycles. The number of rotatable bonds is 7. The van der Waals surface area contributed by atoms with E-state index in [2.05, 4.69) is 15.6 Å². The lowest BCUT2D eigenvalue weighted by Gasteiger charge is -2.15. The molecule has 0 unspecified atom stereocenters. The summed E-state index contributed by atoms with van der Waals surface area (Å²) in [6.07, 6.45) is 0. The highest BCUT2D eigenvalue weighted by molar-refractivity contribution is 5.80. The van der Waals surface area contributed by atoms with E-state index in [1.54, 1.807) is 33.5 Å². The molecule has 0 saturated carbocycles. The maximum atomic E-state index is 12.2. The lowest BCUT2D eigenvalue weighted by molar-refractivity contribution is 0.239. The highest BCUT2D eigenvalue weighted by atomic mass is 16.5. The van der Waals surface area contributed by atoms with Crippen LogP contribution in [0.1, 0.15) is 11.3 Å². The molecule has 3 rings (SSSR count). The van der Waals surface area contributed by atoms with Crippen molar-refractivity contribution >= 4 is 16.9 Å². The molecule has 0 bridgehead atoms. The van der Waals surface area contributed by atoms with Crippen molar-refractivity contribution in [2.24, 2.45) is 0 Å². The van der Waals surface area contributed by atoms with Crippen LogP contribution in [-0.4, -0.2) is 32.3 Å². The number of nitrogens with one attached hydrogen (secondary N) is 3. The molecular weight excluding hydrogens is 346 g/mol. The van der Waals surface area contributed by atoms with E-state index in [0.29, 0.717) is 23.8 Å². The van der Waals surface area contributed by atoms with Gasteiger partial charge in [-0.15, -0.1) is 0 Å². The Hall–Kier alpha value is -3.35. The van der Waals surface area contributed by atoms with Crippen LogP contribution in [0.5, 0.6) is 17.2 Å². The zero-order valence-corrected chi connectivity index (χ0v) is 15.6. The van der Waals surface area contributed by atoms with Crippen LogP contribution in [0.3, 0.4) is 0 Å². The Morgan fingerprint density at radius 2 is 1.59 bits per heavy atom. The highest BCUT2D eigenvalue weighted by Crippen LogP contribution is 2.33. The van der Waals surface area contributed by atoms with E-state index in [9.17, 15) is 4.79 Å². The lowest BCUT2D eigenvalue weighted by Crippen LogP contribution is -2.34. The zero-order chi connectivity index (χ0) is 19.2. The topological polar surface area (TPSA) is 84.6 Å². The average molecular weight is 369 g/mol. The summed E-state index contributed by atoms with van der Waals surface area (Å²) in [7, 11) is 4.70. The Bertz CT molecular complexity index is 878. The molecule has 3 N–H and O–H groups in total. The molecule has 27 heavy (non-hydrogen) atoms. The molecule has 0 saturated heterocycles. The summed E-state index contributed by atoms with van der Waals surface area (Å²) in [5, 5.41) is 6.78. The fraction of sp³-hybridized carbons (Fsp3) is 0.250.